The van der Waals surface area contributed by atoms with Crippen LogP contribution in [0.2, 0.25) is 0 Å². The van der Waals surface area contributed by atoms with Crippen LogP contribution in [-0.4, -0.2) is 41.0 Å². The largest absolute Gasteiger partial charge is 0.481 e. The van der Waals surface area contributed by atoms with Crippen LogP contribution in [0, 0.1) is 24.2 Å². The first-order chi connectivity index (χ1) is 15.8. The molecule has 33 heavy (non-hydrogen) atoms. The monoisotopic (exact) mass is 445 g/mol. The van der Waals surface area contributed by atoms with Crippen molar-refractivity contribution in [1.29, 1.82) is 0 Å². The van der Waals surface area contributed by atoms with Gasteiger partial charge < -0.3 is 10.4 Å². The zero-order valence-corrected chi connectivity index (χ0v) is 19.3. The number of carbonyl (C=O) groups is 1. The summed E-state index contributed by atoms with van der Waals surface area (Å²) in [5.74, 6) is 6.35. The average molecular weight is 446 g/mol. The molecule has 3 aromatic heterocycles. The molecular weight excluding hydrogens is 418 g/mol. The number of anilines is 1. The maximum atomic E-state index is 11.1. The molecule has 0 spiro atoms. The van der Waals surface area contributed by atoms with Gasteiger partial charge in [0.05, 0.1) is 30.0 Å². The fraction of sp³-hybridized carbons (Fsp3) is 0.417. The van der Waals surface area contributed by atoms with Crippen LogP contribution in [0.15, 0.2) is 24.4 Å². The zero-order valence-electron chi connectivity index (χ0n) is 19.3. The Morgan fingerprint density at radius 1 is 1.27 bits per heavy atom. The number of carboxylic acid groups (broad SMARTS) is 1. The molecule has 1 fully saturated rings. The summed E-state index contributed by atoms with van der Waals surface area (Å²) in [6.45, 7) is 6.52. The number of aliphatic carboxylic acids is 1. The van der Waals surface area contributed by atoms with Crippen molar-refractivity contribution in [2.75, 3.05) is 5.32 Å². The third-order valence-corrected chi connectivity index (χ3v) is 5.76. The van der Waals surface area contributed by atoms with E-state index in [0.717, 1.165) is 35.5 Å². The van der Waals surface area contributed by atoms with E-state index in [4.69, 9.17) is 10.1 Å². The topological polar surface area (TPSA) is 119 Å². The van der Waals surface area contributed by atoms with Crippen molar-refractivity contribution < 1.29 is 9.90 Å². The smallest absolute Gasteiger partial charge is 0.304 e. The van der Waals surface area contributed by atoms with E-state index in [0.29, 0.717) is 29.8 Å². The number of pyridine rings is 1. The first-order valence-corrected chi connectivity index (χ1v) is 10.9. The van der Waals surface area contributed by atoms with Crippen molar-refractivity contribution in [3.63, 3.8) is 0 Å². The molecule has 4 rings (SSSR count). The molecule has 1 aliphatic carbocycles. The highest BCUT2D eigenvalue weighted by atomic mass is 16.4. The summed E-state index contributed by atoms with van der Waals surface area (Å²) in [5.41, 5.74) is 4.39. The Morgan fingerprint density at radius 3 is 2.73 bits per heavy atom. The van der Waals surface area contributed by atoms with E-state index < -0.39 is 5.97 Å². The van der Waals surface area contributed by atoms with E-state index in [9.17, 15) is 4.79 Å². The second kappa shape index (κ2) is 8.98. The molecule has 0 atom stereocenters. The minimum Gasteiger partial charge on any atom is -0.481 e. The van der Waals surface area contributed by atoms with E-state index in [1.54, 1.807) is 10.9 Å². The summed E-state index contributed by atoms with van der Waals surface area (Å²) >= 11 is 0. The second-order valence-corrected chi connectivity index (χ2v) is 8.75. The van der Waals surface area contributed by atoms with Crippen molar-refractivity contribution in [3.05, 3.63) is 47.0 Å². The molecule has 1 aliphatic rings. The van der Waals surface area contributed by atoms with Crippen LogP contribution < -0.4 is 5.32 Å². The Morgan fingerprint density at radius 2 is 2.06 bits per heavy atom. The fourth-order valence-corrected chi connectivity index (χ4v) is 3.53. The molecule has 1 saturated carbocycles. The number of hydrogen-bond donors (Lipinski definition) is 2. The third-order valence-electron chi connectivity index (χ3n) is 5.76. The Bertz CT molecular complexity index is 1250. The summed E-state index contributed by atoms with van der Waals surface area (Å²) in [6, 6.07) is 5.69. The van der Waals surface area contributed by atoms with Gasteiger partial charge in [-0.15, -0.1) is 5.10 Å². The van der Waals surface area contributed by atoms with Gasteiger partial charge in [0, 0.05) is 29.9 Å². The van der Waals surface area contributed by atoms with Crippen molar-refractivity contribution in [1.82, 2.24) is 29.9 Å². The number of nitrogens with zero attached hydrogens (tertiary/aromatic N) is 6. The first kappa shape index (κ1) is 22.4. The number of aromatic nitrogens is 6. The lowest BCUT2D eigenvalue weighted by atomic mass is 10.0. The Balaban J connectivity index is 1.53. The molecule has 3 heterocycles. The van der Waals surface area contributed by atoms with E-state index in [-0.39, 0.29) is 11.8 Å². The van der Waals surface area contributed by atoms with Crippen LogP contribution in [0.4, 0.5) is 5.95 Å². The predicted octanol–water partition coefficient (Wildman–Crippen LogP) is 3.32. The Labute approximate surface area is 192 Å². The predicted molar refractivity (Wildman–Crippen MR) is 123 cm³/mol. The van der Waals surface area contributed by atoms with Crippen LogP contribution in [0.25, 0.3) is 11.4 Å². The van der Waals surface area contributed by atoms with Gasteiger partial charge in [-0.25, -0.2) is 14.6 Å². The van der Waals surface area contributed by atoms with Gasteiger partial charge in [0.15, 0.2) is 0 Å². The van der Waals surface area contributed by atoms with Crippen molar-refractivity contribution >= 4 is 11.9 Å². The van der Waals surface area contributed by atoms with E-state index in [1.165, 1.54) is 0 Å². The number of rotatable bonds is 7. The highest BCUT2D eigenvalue weighted by molar-refractivity contribution is 5.69. The highest BCUT2D eigenvalue weighted by Gasteiger charge is 2.43. The molecule has 0 unspecified atom stereocenters. The fourth-order valence-electron chi connectivity index (χ4n) is 3.53. The number of hydrogen-bond acceptors (Lipinski definition) is 7. The Kier molecular flexibility index (Phi) is 6.09. The number of carboxylic acids is 1. The minimum absolute atomic E-state index is 0.0876. The first-order valence-electron chi connectivity index (χ1n) is 10.9. The summed E-state index contributed by atoms with van der Waals surface area (Å²) in [6.07, 6.45) is 3.50. The molecule has 0 aromatic carbocycles. The van der Waals surface area contributed by atoms with Crippen LogP contribution in [0.1, 0.15) is 61.7 Å². The highest BCUT2D eigenvalue weighted by Crippen LogP contribution is 2.48. The lowest BCUT2D eigenvalue weighted by molar-refractivity contribution is -0.137. The molecule has 3 aromatic rings. The maximum Gasteiger partial charge on any atom is 0.304 e. The second-order valence-electron chi connectivity index (χ2n) is 8.75. The maximum absolute atomic E-state index is 11.1. The molecule has 170 valence electrons. The van der Waals surface area contributed by atoms with Crippen LogP contribution in [-0.2, 0) is 18.4 Å². The molecule has 0 amide bonds. The Hall–Kier alpha value is -3.80. The summed E-state index contributed by atoms with van der Waals surface area (Å²) < 4.78 is 1.71. The normalized spacial score (nSPS) is 14.0. The number of aryl methyl sites for hydroxylation is 2. The lowest BCUT2D eigenvalue weighted by Crippen LogP contribution is -2.10. The molecule has 9 nitrogen and oxygen atoms in total. The van der Waals surface area contributed by atoms with Gasteiger partial charge in [0.1, 0.15) is 5.69 Å². The van der Waals surface area contributed by atoms with Crippen LogP contribution >= 0.6 is 0 Å². The standard InChI is InChI=1S/C24H27N7O2/c1-15(2)18-8-12-25-23(28-18)26-14-20-22(29-30-31(20)4)19-6-5-17(16(3)27-19)7-9-24(10-11-24)13-21(32)33/h5-6,8,12,15H,10-11,13-14H2,1-4H3,(H,32,33)(H,25,26,28). The summed E-state index contributed by atoms with van der Waals surface area (Å²) in [5, 5.41) is 20.8. The minimum atomic E-state index is -0.808. The molecule has 0 saturated heterocycles. The van der Waals surface area contributed by atoms with E-state index in [2.05, 4.69) is 51.3 Å². The molecule has 0 radical (unpaired) electrons. The quantitative estimate of drug-likeness (QED) is 0.532. The summed E-state index contributed by atoms with van der Waals surface area (Å²) in [4.78, 5) is 24.6. The van der Waals surface area contributed by atoms with Gasteiger partial charge in [0.25, 0.3) is 0 Å². The van der Waals surface area contributed by atoms with Gasteiger partial charge in [-0.3, -0.25) is 9.78 Å². The lowest BCUT2D eigenvalue weighted by Gasteiger charge is -2.09. The zero-order chi connectivity index (χ0) is 23.6. The van der Waals surface area contributed by atoms with Crippen LogP contribution in [0.3, 0.4) is 0 Å². The SMILES string of the molecule is Cc1nc(-c2nnn(C)c2CNc2nccc(C(C)C)n2)ccc1C#CC1(CC(=O)O)CC1. The molecular formula is C24H27N7O2. The summed E-state index contributed by atoms with van der Waals surface area (Å²) in [7, 11) is 1.84. The van der Waals surface area contributed by atoms with Crippen molar-refractivity contribution in [2.24, 2.45) is 12.5 Å². The average Bonchev–Trinajstić information content (AvgIpc) is 3.43. The third kappa shape index (κ3) is 5.17. The number of nitrogens with one attached hydrogen (secondary N) is 1. The van der Waals surface area contributed by atoms with Crippen molar-refractivity contribution in [3.8, 4) is 23.2 Å². The van der Waals surface area contributed by atoms with Crippen LogP contribution in [0.5, 0.6) is 0 Å². The molecule has 2 N–H and O–H groups in total. The molecule has 0 aliphatic heterocycles. The van der Waals surface area contributed by atoms with Gasteiger partial charge >= 0.3 is 5.97 Å². The van der Waals surface area contributed by atoms with Gasteiger partial charge in [0.2, 0.25) is 5.95 Å². The van der Waals surface area contributed by atoms with E-state index >= 15 is 0 Å². The van der Waals surface area contributed by atoms with Gasteiger partial charge in [-0.1, -0.05) is 30.9 Å². The molecule has 9 heteroatoms. The van der Waals surface area contributed by atoms with Crippen molar-refractivity contribution in [2.45, 2.75) is 52.5 Å². The van der Waals surface area contributed by atoms with Gasteiger partial charge in [-0.2, -0.15) is 0 Å². The van der Waals surface area contributed by atoms with E-state index in [1.807, 2.05) is 32.2 Å². The molecule has 0 bridgehead atoms. The van der Waals surface area contributed by atoms with Gasteiger partial charge in [-0.05, 0) is 43.9 Å².